The predicted octanol–water partition coefficient (Wildman–Crippen LogP) is 2.46. The molecule has 0 saturated carbocycles. The molecule has 0 N–H and O–H groups in total. The van der Waals surface area contributed by atoms with Crippen LogP contribution in [0.25, 0.3) is 6.08 Å². The van der Waals surface area contributed by atoms with E-state index in [0.29, 0.717) is 11.3 Å². The Balaban J connectivity index is 1.54. The monoisotopic (exact) mass is 405 g/mol. The summed E-state index contributed by atoms with van der Waals surface area (Å²) < 4.78 is 36.3. The smallest absolute Gasteiger partial charge is 0.290 e. The van der Waals surface area contributed by atoms with Gasteiger partial charge in [0.05, 0.1) is 4.92 Å². The summed E-state index contributed by atoms with van der Waals surface area (Å²) in [4.78, 5) is 11.4. The number of benzene rings is 1. The maximum atomic E-state index is 11.8. The van der Waals surface area contributed by atoms with Crippen molar-refractivity contribution in [2.75, 3.05) is 0 Å². The first kappa shape index (κ1) is 19.0. The van der Waals surface area contributed by atoms with Crippen LogP contribution >= 0.6 is 0 Å². The normalized spacial score (nSPS) is 39.0. The summed E-state index contributed by atoms with van der Waals surface area (Å²) in [5.41, 5.74) is 0.545. The van der Waals surface area contributed by atoms with Crippen molar-refractivity contribution in [3.63, 3.8) is 0 Å². The zero-order valence-corrected chi connectivity index (χ0v) is 16.6. The third-order valence-electron chi connectivity index (χ3n) is 5.47. The maximum absolute atomic E-state index is 11.8. The molecule has 6 atom stereocenters. The van der Waals surface area contributed by atoms with Crippen LogP contribution in [0.5, 0.6) is 5.75 Å². The Morgan fingerprint density at radius 2 is 1.52 bits per heavy atom. The van der Waals surface area contributed by atoms with Crippen molar-refractivity contribution in [2.24, 2.45) is 0 Å². The first-order valence-corrected chi connectivity index (χ1v) is 9.62. The van der Waals surface area contributed by atoms with E-state index in [9.17, 15) is 10.1 Å². The Kier molecular flexibility index (Phi) is 4.07. The van der Waals surface area contributed by atoms with Gasteiger partial charge in [-0.2, -0.15) is 0 Å². The van der Waals surface area contributed by atoms with Crippen LogP contribution in [0.3, 0.4) is 0 Å². The largest absolute Gasteiger partial charge is 0.476 e. The highest BCUT2D eigenvalue weighted by molar-refractivity contribution is 5.61. The molecular weight excluding hydrogens is 382 g/mol. The third kappa shape index (κ3) is 3.13. The quantitative estimate of drug-likeness (QED) is 0.547. The zero-order valence-electron chi connectivity index (χ0n) is 16.6. The summed E-state index contributed by atoms with van der Waals surface area (Å²) >= 11 is 0. The topological polar surface area (TPSA) is 98.5 Å². The molecule has 1 aromatic rings. The molecule has 0 aliphatic carbocycles. The standard InChI is InChI=1S/C20H23NO8/c1-19(2)26-15-14(25-18-17(16(15)27-19)28-20(3,4)29-18)13-11(21(22)23)9-10-7-5-6-8-12(10)24-13/h5-9,13-18H,1-4H3/t13-,14-,15+,16+,17-,18-/m1/s1. The van der Waals surface area contributed by atoms with Crippen LogP contribution in [-0.4, -0.2) is 53.3 Å². The van der Waals surface area contributed by atoms with Crippen molar-refractivity contribution < 1.29 is 33.3 Å². The maximum Gasteiger partial charge on any atom is 0.290 e. The Hall–Kier alpha value is -2.04. The van der Waals surface area contributed by atoms with Gasteiger partial charge < -0.3 is 28.4 Å². The molecule has 0 aromatic heterocycles. The van der Waals surface area contributed by atoms with Gasteiger partial charge in [0.15, 0.2) is 17.9 Å². The molecule has 3 fully saturated rings. The zero-order chi connectivity index (χ0) is 20.6. The van der Waals surface area contributed by atoms with E-state index >= 15 is 0 Å². The van der Waals surface area contributed by atoms with E-state index in [0.717, 1.165) is 0 Å². The molecule has 9 heteroatoms. The highest BCUT2D eigenvalue weighted by atomic mass is 16.9. The summed E-state index contributed by atoms with van der Waals surface area (Å²) in [7, 11) is 0. The minimum atomic E-state index is -0.988. The molecule has 0 bridgehead atoms. The Bertz CT molecular complexity index is 881. The van der Waals surface area contributed by atoms with E-state index in [2.05, 4.69) is 0 Å². The first-order valence-electron chi connectivity index (χ1n) is 9.62. The average molecular weight is 405 g/mol. The second-order valence-corrected chi connectivity index (χ2v) is 8.54. The van der Waals surface area contributed by atoms with Crippen LogP contribution < -0.4 is 4.74 Å². The van der Waals surface area contributed by atoms with Gasteiger partial charge in [0.2, 0.25) is 6.10 Å². The van der Waals surface area contributed by atoms with Gasteiger partial charge in [-0.1, -0.05) is 18.2 Å². The van der Waals surface area contributed by atoms with Crippen molar-refractivity contribution in [2.45, 2.75) is 76.1 Å². The van der Waals surface area contributed by atoms with E-state index in [1.807, 2.05) is 6.07 Å². The second-order valence-electron chi connectivity index (χ2n) is 8.54. The molecule has 4 aliphatic rings. The van der Waals surface area contributed by atoms with E-state index in [1.165, 1.54) is 6.08 Å². The summed E-state index contributed by atoms with van der Waals surface area (Å²) in [5, 5.41) is 11.8. The van der Waals surface area contributed by atoms with Crippen molar-refractivity contribution in [1.82, 2.24) is 0 Å². The van der Waals surface area contributed by atoms with E-state index in [1.54, 1.807) is 45.9 Å². The van der Waals surface area contributed by atoms with E-state index < -0.39 is 53.3 Å². The molecule has 0 spiro atoms. The van der Waals surface area contributed by atoms with Gasteiger partial charge in [0.25, 0.3) is 5.70 Å². The van der Waals surface area contributed by atoms with E-state index in [4.69, 9.17) is 28.4 Å². The molecule has 0 amide bonds. The van der Waals surface area contributed by atoms with Crippen molar-refractivity contribution in [3.8, 4) is 5.75 Å². The minimum Gasteiger partial charge on any atom is -0.476 e. The summed E-state index contributed by atoms with van der Waals surface area (Å²) in [6.45, 7) is 7.16. The highest BCUT2D eigenvalue weighted by Gasteiger charge is 2.63. The van der Waals surface area contributed by atoms with Crippen molar-refractivity contribution in [1.29, 1.82) is 0 Å². The second kappa shape index (κ2) is 6.23. The molecule has 1 aromatic carbocycles. The number of para-hydroxylation sites is 1. The average Bonchev–Trinajstić information content (AvgIpc) is 3.13. The van der Waals surface area contributed by atoms with Crippen LogP contribution in [0.4, 0.5) is 0 Å². The fourth-order valence-electron chi connectivity index (χ4n) is 4.42. The van der Waals surface area contributed by atoms with Gasteiger partial charge in [0.1, 0.15) is 30.2 Å². The lowest BCUT2D eigenvalue weighted by Crippen LogP contribution is -2.60. The molecule has 0 radical (unpaired) electrons. The number of hydrogen-bond donors (Lipinski definition) is 0. The molecular formula is C20H23NO8. The molecule has 4 heterocycles. The van der Waals surface area contributed by atoms with Gasteiger partial charge >= 0.3 is 0 Å². The van der Waals surface area contributed by atoms with Crippen LogP contribution in [0, 0.1) is 10.1 Å². The van der Waals surface area contributed by atoms with Crippen LogP contribution in [0.1, 0.15) is 33.3 Å². The van der Waals surface area contributed by atoms with Gasteiger partial charge in [-0.05, 0) is 33.8 Å². The highest BCUT2D eigenvalue weighted by Crippen LogP contribution is 2.46. The molecule has 9 nitrogen and oxygen atoms in total. The fraction of sp³-hybridized carbons (Fsp3) is 0.600. The number of nitrogens with zero attached hydrogens (tertiary/aromatic N) is 1. The van der Waals surface area contributed by atoms with Gasteiger partial charge in [0, 0.05) is 11.6 Å². The van der Waals surface area contributed by atoms with Crippen LogP contribution in [-0.2, 0) is 23.7 Å². The Morgan fingerprint density at radius 3 is 2.24 bits per heavy atom. The van der Waals surface area contributed by atoms with Gasteiger partial charge in [-0.25, -0.2) is 0 Å². The number of nitro groups is 1. The molecule has 0 unspecified atom stereocenters. The first-order chi connectivity index (χ1) is 13.6. The van der Waals surface area contributed by atoms with Crippen molar-refractivity contribution >= 4 is 6.08 Å². The van der Waals surface area contributed by atoms with Gasteiger partial charge in [-0.3, -0.25) is 10.1 Å². The Labute approximate surface area is 167 Å². The number of rotatable bonds is 2. The summed E-state index contributed by atoms with van der Waals surface area (Å²) in [5.74, 6) is -1.22. The number of hydrogen-bond acceptors (Lipinski definition) is 8. The SMILES string of the molecule is CC1(C)O[C@@H]2[C@H](O1)[C@H]1OC(C)(C)O[C@H]1O[C@@H]2[C@@H]1Oc2ccccc2C=C1[N+](=O)[O-]. The molecule has 29 heavy (non-hydrogen) atoms. The van der Waals surface area contributed by atoms with Gasteiger partial charge in [-0.15, -0.1) is 0 Å². The summed E-state index contributed by atoms with van der Waals surface area (Å²) in [6, 6.07) is 7.16. The molecule has 5 rings (SSSR count). The minimum absolute atomic E-state index is 0.0996. The molecule has 156 valence electrons. The molecule has 3 saturated heterocycles. The number of ether oxygens (including phenoxy) is 6. The van der Waals surface area contributed by atoms with E-state index in [-0.39, 0.29) is 5.70 Å². The van der Waals surface area contributed by atoms with Crippen LogP contribution in [0.2, 0.25) is 0 Å². The van der Waals surface area contributed by atoms with Crippen LogP contribution in [0.15, 0.2) is 30.0 Å². The summed E-state index contributed by atoms with van der Waals surface area (Å²) in [6.07, 6.45) is -2.67. The Morgan fingerprint density at radius 1 is 0.897 bits per heavy atom. The van der Waals surface area contributed by atoms with Crippen molar-refractivity contribution in [3.05, 3.63) is 45.6 Å². The number of fused-ring (bicyclic) bond motifs is 4. The predicted molar refractivity (Wildman–Crippen MR) is 98.4 cm³/mol. The lowest BCUT2D eigenvalue weighted by Gasteiger charge is -2.40. The fourth-order valence-corrected chi connectivity index (χ4v) is 4.42. The lowest BCUT2D eigenvalue weighted by molar-refractivity contribution is -0.438. The third-order valence-corrected chi connectivity index (χ3v) is 5.47. The lowest BCUT2D eigenvalue weighted by atomic mass is 9.92. The molecule has 4 aliphatic heterocycles.